The number of rotatable bonds is 4. The second-order valence-electron chi connectivity index (χ2n) is 6.47. The van der Waals surface area contributed by atoms with Crippen molar-refractivity contribution in [2.45, 2.75) is 32.2 Å². The minimum atomic E-state index is -0.0808. The number of nitrogens with zero attached hydrogens (tertiary/aromatic N) is 1. The predicted octanol–water partition coefficient (Wildman–Crippen LogP) is 3.52. The van der Waals surface area contributed by atoms with Crippen LogP contribution in [0, 0.1) is 0 Å². The van der Waals surface area contributed by atoms with E-state index >= 15 is 0 Å². The third kappa shape index (κ3) is 4.92. The van der Waals surface area contributed by atoms with E-state index in [1.54, 1.807) is 0 Å². The van der Waals surface area contributed by atoms with E-state index in [1.165, 1.54) is 11.1 Å². The van der Waals surface area contributed by atoms with E-state index in [1.807, 2.05) is 12.1 Å². The Labute approximate surface area is 133 Å². The fourth-order valence-electron chi connectivity index (χ4n) is 2.39. The molecule has 0 saturated heterocycles. The molecule has 0 aliphatic rings. The molecule has 0 heterocycles. The molecule has 3 heteroatoms. The lowest BCUT2D eigenvalue weighted by atomic mass is 9.91. The van der Waals surface area contributed by atoms with Crippen LogP contribution in [0.5, 0.6) is 0 Å². The molecule has 3 N–H and O–H groups in total. The molecule has 0 radical (unpaired) electrons. The average Bonchev–Trinajstić information content (AvgIpc) is 2.48. The average molecular weight is 295 g/mol. The van der Waals surface area contributed by atoms with Crippen molar-refractivity contribution in [3.63, 3.8) is 0 Å². The summed E-state index contributed by atoms with van der Waals surface area (Å²) in [4.78, 5) is 4.55. The Bertz CT molecular complexity index is 558. The van der Waals surface area contributed by atoms with Crippen LogP contribution >= 0.6 is 0 Å². The number of benzene rings is 2. The summed E-state index contributed by atoms with van der Waals surface area (Å²) < 4.78 is 0. The van der Waals surface area contributed by atoms with Crippen molar-refractivity contribution in [3.8, 4) is 0 Å². The van der Waals surface area contributed by atoms with Crippen molar-refractivity contribution in [2.24, 2.45) is 10.7 Å². The molecule has 0 amide bonds. The molecule has 0 unspecified atom stereocenters. The fourth-order valence-corrected chi connectivity index (χ4v) is 2.39. The van der Waals surface area contributed by atoms with Crippen LogP contribution in [0.1, 0.15) is 37.8 Å². The van der Waals surface area contributed by atoms with Gasteiger partial charge in [0.15, 0.2) is 5.96 Å². The predicted molar refractivity (Wildman–Crippen MR) is 94.1 cm³/mol. The van der Waals surface area contributed by atoms with Gasteiger partial charge in [-0.25, -0.2) is 0 Å². The highest BCUT2D eigenvalue weighted by Crippen LogP contribution is 2.24. The minimum absolute atomic E-state index is 0.0808. The summed E-state index contributed by atoms with van der Waals surface area (Å²) in [5.74, 6) is 0.701. The van der Waals surface area contributed by atoms with Crippen LogP contribution in [0.15, 0.2) is 65.7 Å². The molecule has 0 aliphatic heterocycles. The molecule has 0 aromatic heterocycles. The van der Waals surface area contributed by atoms with Crippen LogP contribution in [-0.4, -0.2) is 18.0 Å². The zero-order valence-corrected chi connectivity index (χ0v) is 13.6. The van der Waals surface area contributed by atoms with E-state index in [4.69, 9.17) is 5.73 Å². The van der Waals surface area contributed by atoms with Gasteiger partial charge in [0.2, 0.25) is 0 Å². The lowest BCUT2D eigenvalue weighted by molar-refractivity contribution is 0.508. The van der Waals surface area contributed by atoms with Gasteiger partial charge in [-0.05, 0) is 31.9 Å². The molecule has 0 aliphatic carbocycles. The van der Waals surface area contributed by atoms with Crippen LogP contribution < -0.4 is 11.1 Å². The van der Waals surface area contributed by atoms with Crippen LogP contribution in [0.25, 0.3) is 0 Å². The molecule has 2 rings (SSSR count). The molecule has 22 heavy (non-hydrogen) atoms. The summed E-state index contributed by atoms with van der Waals surface area (Å²) in [5.41, 5.74) is 8.42. The first kappa shape index (κ1) is 16.1. The smallest absolute Gasteiger partial charge is 0.189 e. The Morgan fingerprint density at radius 2 is 1.41 bits per heavy atom. The lowest BCUT2D eigenvalue weighted by Gasteiger charge is -2.22. The van der Waals surface area contributed by atoms with Gasteiger partial charge in [-0.3, -0.25) is 4.99 Å². The molecule has 2 aromatic rings. The van der Waals surface area contributed by atoms with Crippen molar-refractivity contribution in [1.82, 2.24) is 5.32 Å². The number of guanidine groups is 1. The van der Waals surface area contributed by atoms with Gasteiger partial charge in [0.1, 0.15) is 0 Å². The molecule has 0 saturated carbocycles. The van der Waals surface area contributed by atoms with Crippen molar-refractivity contribution >= 4 is 5.96 Å². The van der Waals surface area contributed by atoms with Crippen LogP contribution in [-0.2, 0) is 0 Å². The molecule has 0 fully saturated rings. The standard InChI is InChI=1S/C19H25N3/c1-19(2,3)22-18(20)21-14-17(15-10-6-4-7-11-15)16-12-8-5-9-13-16/h4-13,17H,14H2,1-3H3,(H3,20,21,22). The van der Waals surface area contributed by atoms with E-state index in [9.17, 15) is 0 Å². The normalized spacial score (nSPS) is 12.5. The Kier molecular flexibility index (Phi) is 5.21. The van der Waals surface area contributed by atoms with Crippen LogP contribution in [0.3, 0.4) is 0 Å². The number of hydrogen-bond donors (Lipinski definition) is 2. The molecule has 0 atom stereocenters. The van der Waals surface area contributed by atoms with Gasteiger partial charge < -0.3 is 11.1 Å². The molecular weight excluding hydrogens is 270 g/mol. The highest BCUT2D eigenvalue weighted by atomic mass is 15.1. The topological polar surface area (TPSA) is 50.4 Å². The maximum absolute atomic E-state index is 6.00. The first-order valence-corrected chi connectivity index (χ1v) is 7.64. The largest absolute Gasteiger partial charge is 0.370 e. The zero-order valence-electron chi connectivity index (χ0n) is 13.6. The molecule has 0 spiro atoms. The monoisotopic (exact) mass is 295 g/mol. The van der Waals surface area contributed by atoms with Gasteiger partial charge in [0.25, 0.3) is 0 Å². The van der Waals surface area contributed by atoms with Gasteiger partial charge in [-0.15, -0.1) is 0 Å². The fraction of sp³-hybridized carbons (Fsp3) is 0.316. The Balaban J connectivity index is 2.21. The molecule has 0 bridgehead atoms. The minimum Gasteiger partial charge on any atom is -0.370 e. The lowest BCUT2D eigenvalue weighted by Crippen LogP contribution is -2.45. The van der Waals surface area contributed by atoms with E-state index in [0.29, 0.717) is 12.5 Å². The van der Waals surface area contributed by atoms with Gasteiger partial charge in [0, 0.05) is 11.5 Å². The van der Waals surface area contributed by atoms with E-state index in [-0.39, 0.29) is 11.5 Å². The number of hydrogen-bond acceptors (Lipinski definition) is 1. The van der Waals surface area contributed by atoms with Crippen molar-refractivity contribution < 1.29 is 0 Å². The van der Waals surface area contributed by atoms with Crippen molar-refractivity contribution in [1.29, 1.82) is 0 Å². The second kappa shape index (κ2) is 7.12. The summed E-state index contributed by atoms with van der Waals surface area (Å²) >= 11 is 0. The second-order valence-corrected chi connectivity index (χ2v) is 6.47. The van der Waals surface area contributed by atoms with Crippen LogP contribution in [0.4, 0.5) is 0 Å². The SMILES string of the molecule is CC(C)(C)NC(N)=NCC(c1ccccc1)c1ccccc1. The molecule has 2 aromatic carbocycles. The van der Waals surface area contributed by atoms with Gasteiger partial charge in [0.05, 0.1) is 6.54 Å². The first-order valence-electron chi connectivity index (χ1n) is 7.64. The van der Waals surface area contributed by atoms with E-state index < -0.39 is 0 Å². The third-order valence-corrected chi connectivity index (χ3v) is 3.35. The molecular formula is C19H25N3. The third-order valence-electron chi connectivity index (χ3n) is 3.35. The summed E-state index contributed by atoms with van der Waals surface area (Å²) in [6.45, 7) is 6.84. The van der Waals surface area contributed by atoms with Crippen molar-refractivity contribution in [2.75, 3.05) is 6.54 Å². The summed E-state index contributed by atoms with van der Waals surface area (Å²) in [6.07, 6.45) is 0. The summed E-state index contributed by atoms with van der Waals surface area (Å²) in [6, 6.07) is 20.9. The van der Waals surface area contributed by atoms with Gasteiger partial charge >= 0.3 is 0 Å². The first-order chi connectivity index (χ1) is 10.5. The quantitative estimate of drug-likeness (QED) is 0.670. The summed E-state index contributed by atoms with van der Waals surface area (Å²) in [5, 5.41) is 3.21. The summed E-state index contributed by atoms with van der Waals surface area (Å²) in [7, 11) is 0. The highest BCUT2D eigenvalue weighted by Gasteiger charge is 2.14. The maximum Gasteiger partial charge on any atom is 0.189 e. The molecule has 116 valence electrons. The Hall–Kier alpha value is -2.29. The maximum atomic E-state index is 6.00. The van der Waals surface area contributed by atoms with Gasteiger partial charge in [-0.2, -0.15) is 0 Å². The zero-order chi connectivity index (χ0) is 16.0. The molecule has 3 nitrogen and oxygen atoms in total. The Morgan fingerprint density at radius 3 is 1.82 bits per heavy atom. The Morgan fingerprint density at radius 1 is 0.955 bits per heavy atom. The highest BCUT2D eigenvalue weighted by molar-refractivity contribution is 5.78. The number of nitrogens with two attached hydrogens (primary N) is 1. The number of nitrogens with one attached hydrogen (secondary N) is 1. The van der Waals surface area contributed by atoms with Crippen molar-refractivity contribution in [3.05, 3.63) is 71.8 Å². The van der Waals surface area contributed by atoms with Crippen LogP contribution in [0.2, 0.25) is 0 Å². The number of aliphatic imine (C=N–C) groups is 1. The van der Waals surface area contributed by atoms with E-state index in [0.717, 1.165) is 0 Å². The van der Waals surface area contributed by atoms with Gasteiger partial charge in [-0.1, -0.05) is 60.7 Å². The van der Waals surface area contributed by atoms with E-state index in [2.05, 4.69) is 79.6 Å².